The van der Waals surface area contributed by atoms with Crippen molar-refractivity contribution in [2.45, 2.75) is 25.9 Å². The molecule has 0 spiro atoms. The lowest BCUT2D eigenvalue weighted by atomic mass is 10.1. The van der Waals surface area contributed by atoms with Crippen molar-refractivity contribution in [1.82, 2.24) is 15.1 Å². The number of benzene rings is 2. The van der Waals surface area contributed by atoms with Gasteiger partial charge in [-0.3, -0.25) is 4.79 Å². The molecule has 6 heteroatoms. The van der Waals surface area contributed by atoms with E-state index < -0.39 is 0 Å². The number of amides is 1. The van der Waals surface area contributed by atoms with Crippen LogP contribution in [0.3, 0.4) is 0 Å². The summed E-state index contributed by atoms with van der Waals surface area (Å²) in [5.41, 5.74) is 3.52. The number of nitrogens with zero attached hydrogens (tertiary/aromatic N) is 3. The van der Waals surface area contributed by atoms with Crippen LogP contribution in [0.5, 0.6) is 0 Å². The van der Waals surface area contributed by atoms with E-state index >= 15 is 0 Å². The number of carbonyl (C=O) groups excluding carboxylic acids is 1. The Balaban J connectivity index is 1.46. The van der Waals surface area contributed by atoms with Gasteiger partial charge >= 0.3 is 0 Å². The highest BCUT2D eigenvalue weighted by Gasteiger charge is 2.23. The maximum absolute atomic E-state index is 12.7. The molecule has 0 atom stereocenters. The van der Waals surface area contributed by atoms with E-state index in [1.54, 1.807) is 7.11 Å². The standard InChI is InChI=1S/C22H23N3O3/c1-15-3-5-16(6-4-15)20-23-24-21(28-20)17-7-9-18(10-8-17)22(26)25-13-11-19(27-2)12-14-25/h3-10,19H,11-14H2,1-2H3. The fraction of sp³-hybridized carbons (Fsp3) is 0.318. The lowest BCUT2D eigenvalue weighted by molar-refractivity contribution is 0.0351. The van der Waals surface area contributed by atoms with Crippen molar-refractivity contribution in [1.29, 1.82) is 0 Å². The van der Waals surface area contributed by atoms with E-state index in [9.17, 15) is 4.79 Å². The first kappa shape index (κ1) is 18.4. The van der Waals surface area contributed by atoms with Crippen molar-refractivity contribution >= 4 is 5.91 Å². The predicted octanol–water partition coefficient (Wildman–Crippen LogP) is 3.96. The molecule has 28 heavy (non-hydrogen) atoms. The number of aryl methyl sites for hydroxylation is 1. The highest BCUT2D eigenvalue weighted by molar-refractivity contribution is 5.94. The first-order valence-corrected chi connectivity index (χ1v) is 9.47. The average molecular weight is 377 g/mol. The maximum atomic E-state index is 12.7. The summed E-state index contributed by atoms with van der Waals surface area (Å²) in [5.74, 6) is 0.971. The summed E-state index contributed by atoms with van der Waals surface area (Å²) in [6.45, 7) is 3.48. The highest BCUT2D eigenvalue weighted by atomic mass is 16.5. The highest BCUT2D eigenvalue weighted by Crippen LogP contribution is 2.25. The summed E-state index contributed by atoms with van der Waals surface area (Å²) in [5, 5.41) is 8.28. The second-order valence-corrected chi connectivity index (χ2v) is 7.08. The van der Waals surface area contributed by atoms with Crippen LogP contribution in [-0.2, 0) is 4.74 Å². The number of methoxy groups -OCH3 is 1. The largest absolute Gasteiger partial charge is 0.416 e. The van der Waals surface area contributed by atoms with Gasteiger partial charge in [-0.15, -0.1) is 10.2 Å². The van der Waals surface area contributed by atoms with Gasteiger partial charge in [-0.25, -0.2) is 0 Å². The van der Waals surface area contributed by atoms with E-state index in [1.807, 2.05) is 60.4 Å². The molecule has 1 aliphatic heterocycles. The second kappa shape index (κ2) is 7.94. The molecule has 0 aliphatic carbocycles. The van der Waals surface area contributed by atoms with Crippen molar-refractivity contribution in [3.8, 4) is 22.9 Å². The van der Waals surface area contributed by atoms with E-state index in [4.69, 9.17) is 9.15 Å². The van der Waals surface area contributed by atoms with Crippen LogP contribution in [-0.4, -0.2) is 47.3 Å². The first-order valence-electron chi connectivity index (χ1n) is 9.47. The van der Waals surface area contributed by atoms with E-state index in [2.05, 4.69) is 10.2 Å². The van der Waals surface area contributed by atoms with Crippen LogP contribution in [0.1, 0.15) is 28.8 Å². The third kappa shape index (κ3) is 3.82. The minimum absolute atomic E-state index is 0.0481. The minimum Gasteiger partial charge on any atom is -0.416 e. The Morgan fingerprint density at radius 1 is 0.964 bits per heavy atom. The third-order valence-corrected chi connectivity index (χ3v) is 5.16. The van der Waals surface area contributed by atoms with Gasteiger partial charge in [0.15, 0.2) is 0 Å². The van der Waals surface area contributed by atoms with Gasteiger partial charge in [-0.1, -0.05) is 17.7 Å². The zero-order chi connectivity index (χ0) is 19.5. The van der Waals surface area contributed by atoms with Gasteiger partial charge < -0.3 is 14.1 Å². The topological polar surface area (TPSA) is 68.5 Å². The van der Waals surface area contributed by atoms with Crippen molar-refractivity contribution in [2.75, 3.05) is 20.2 Å². The summed E-state index contributed by atoms with van der Waals surface area (Å²) in [4.78, 5) is 14.6. The van der Waals surface area contributed by atoms with Crippen LogP contribution >= 0.6 is 0 Å². The Morgan fingerprint density at radius 3 is 2.04 bits per heavy atom. The van der Waals surface area contributed by atoms with E-state index in [0.29, 0.717) is 17.3 Å². The Kier molecular flexibility index (Phi) is 5.21. The predicted molar refractivity (Wildman–Crippen MR) is 106 cm³/mol. The number of hydrogen-bond donors (Lipinski definition) is 0. The number of piperidine rings is 1. The Bertz CT molecular complexity index is 940. The zero-order valence-electron chi connectivity index (χ0n) is 16.1. The number of rotatable bonds is 4. The van der Waals surface area contributed by atoms with Gasteiger partial charge in [0.25, 0.3) is 5.91 Å². The number of carbonyl (C=O) groups is 1. The smallest absolute Gasteiger partial charge is 0.253 e. The van der Waals surface area contributed by atoms with Crippen molar-refractivity contribution in [3.63, 3.8) is 0 Å². The van der Waals surface area contributed by atoms with Crippen LogP contribution in [0.15, 0.2) is 52.9 Å². The third-order valence-electron chi connectivity index (χ3n) is 5.16. The van der Waals surface area contributed by atoms with Gasteiger partial charge in [-0.2, -0.15) is 0 Å². The van der Waals surface area contributed by atoms with Gasteiger partial charge in [-0.05, 0) is 56.2 Å². The lowest BCUT2D eigenvalue weighted by Gasteiger charge is -2.31. The molecule has 0 radical (unpaired) electrons. The fourth-order valence-corrected chi connectivity index (χ4v) is 3.39. The molecule has 4 rings (SSSR count). The van der Waals surface area contributed by atoms with Crippen molar-refractivity contribution in [2.24, 2.45) is 0 Å². The number of ether oxygens (including phenoxy) is 1. The molecule has 0 unspecified atom stereocenters. The van der Waals surface area contributed by atoms with Crippen LogP contribution in [0.25, 0.3) is 22.9 Å². The summed E-state index contributed by atoms with van der Waals surface area (Å²) in [6, 6.07) is 15.3. The summed E-state index contributed by atoms with van der Waals surface area (Å²) >= 11 is 0. The summed E-state index contributed by atoms with van der Waals surface area (Å²) in [6.07, 6.45) is 2.01. The van der Waals surface area contributed by atoms with Crippen molar-refractivity contribution < 1.29 is 13.9 Å². The van der Waals surface area contributed by atoms with Gasteiger partial charge in [0.05, 0.1) is 6.10 Å². The molecule has 2 aromatic carbocycles. The molecular weight excluding hydrogens is 354 g/mol. The Morgan fingerprint density at radius 2 is 1.50 bits per heavy atom. The number of hydrogen-bond acceptors (Lipinski definition) is 5. The van der Waals surface area contributed by atoms with E-state index in [-0.39, 0.29) is 12.0 Å². The molecular formula is C22H23N3O3. The van der Waals surface area contributed by atoms with E-state index in [1.165, 1.54) is 5.56 Å². The molecule has 2 heterocycles. The monoisotopic (exact) mass is 377 g/mol. The molecule has 1 fully saturated rings. The lowest BCUT2D eigenvalue weighted by Crippen LogP contribution is -2.40. The quantitative estimate of drug-likeness (QED) is 0.688. The van der Waals surface area contributed by atoms with Crippen LogP contribution in [0.4, 0.5) is 0 Å². The molecule has 6 nitrogen and oxygen atoms in total. The maximum Gasteiger partial charge on any atom is 0.253 e. The van der Waals surface area contributed by atoms with Gasteiger partial charge in [0.2, 0.25) is 11.8 Å². The Labute approximate surface area is 164 Å². The molecule has 0 bridgehead atoms. The number of aromatic nitrogens is 2. The average Bonchev–Trinajstić information content (AvgIpc) is 3.24. The molecule has 0 saturated carbocycles. The first-order chi connectivity index (χ1) is 13.6. The summed E-state index contributed by atoms with van der Waals surface area (Å²) < 4.78 is 11.2. The molecule has 1 amide bonds. The fourth-order valence-electron chi connectivity index (χ4n) is 3.39. The molecule has 1 aromatic heterocycles. The van der Waals surface area contributed by atoms with Crippen LogP contribution in [0.2, 0.25) is 0 Å². The van der Waals surface area contributed by atoms with Crippen molar-refractivity contribution in [3.05, 3.63) is 59.7 Å². The van der Waals surface area contributed by atoms with Crippen LogP contribution < -0.4 is 0 Å². The molecule has 1 saturated heterocycles. The zero-order valence-corrected chi connectivity index (χ0v) is 16.1. The molecule has 1 aliphatic rings. The Hall–Kier alpha value is -2.99. The van der Waals surface area contributed by atoms with E-state index in [0.717, 1.165) is 37.1 Å². The number of likely N-dealkylation sites (tertiary alicyclic amines) is 1. The molecule has 0 N–H and O–H groups in total. The van der Waals surface area contributed by atoms with Crippen LogP contribution in [0, 0.1) is 6.92 Å². The summed E-state index contributed by atoms with van der Waals surface area (Å²) in [7, 11) is 1.72. The second-order valence-electron chi connectivity index (χ2n) is 7.08. The van der Waals surface area contributed by atoms with Gasteiger partial charge in [0.1, 0.15) is 0 Å². The molecule has 144 valence electrons. The molecule has 3 aromatic rings. The SMILES string of the molecule is COC1CCN(C(=O)c2ccc(-c3nnc(-c4ccc(C)cc4)o3)cc2)CC1. The minimum atomic E-state index is 0.0481. The normalized spacial score (nSPS) is 15.0. The van der Waals surface area contributed by atoms with Gasteiger partial charge in [0, 0.05) is 36.9 Å².